The number of thioether (sulfide) groups is 1. The number of halogens is 1. The smallest absolute Gasteiger partial charge is 0.150 e. The molecule has 0 atom stereocenters. The molecule has 2 aromatic carbocycles. The molecule has 0 fully saturated rings. The quantitative estimate of drug-likeness (QED) is 0.275. The number of hydrogen-bond acceptors (Lipinski definition) is 3. The first-order valence-corrected chi connectivity index (χ1v) is 8.24. The largest absolute Gasteiger partial charge is 0.205 e. The fourth-order valence-electron chi connectivity index (χ4n) is 1.90. The molecule has 0 radical (unpaired) electrons. The molecule has 0 amide bonds. The summed E-state index contributed by atoms with van der Waals surface area (Å²) in [7, 11) is 0. The van der Waals surface area contributed by atoms with E-state index in [9.17, 15) is 4.39 Å². The molecule has 1 nitrogen and oxygen atoms in total. The van der Waals surface area contributed by atoms with Crippen LogP contribution in [0, 0.1) is 5.82 Å². The van der Waals surface area contributed by atoms with Crippen LogP contribution in [-0.2, 0) is 0 Å². The maximum Gasteiger partial charge on any atom is 0.150 e. The van der Waals surface area contributed by atoms with Crippen molar-refractivity contribution in [2.75, 3.05) is 5.75 Å². The minimum absolute atomic E-state index is 0.223. The lowest BCUT2D eigenvalue weighted by Crippen LogP contribution is -1.83. The van der Waals surface area contributed by atoms with Crippen molar-refractivity contribution in [3.8, 4) is 11.1 Å². The average molecular weight is 317 g/mol. The Kier molecular flexibility index (Phi) is 6.12. The molecule has 0 N–H and O–H groups in total. The van der Waals surface area contributed by atoms with Crippen molar-refractivity contribution in [3.63, 3.8) is 0 Å². The number of aliphatic imine (C=N–C) groups is 1. The molecule has 0 heterocycles. The third-order valence-corrected chi connectivity index (χ3v) is 4.26. The van der Waals surface area contributed by atoms with Crippen molar-refractivity contribution in [2.45, 2.75) is 24.7 Å². The molecule has 108 valence electrons. The summed E-state index contributed by atoms with van der Waals surface area (Å²) < 4.78 is 13.8. The second-order valence-corrected chi connectivity index (χ2v) is 5.95. The summed E-state index contributed by atoms with van der Waals surface area (Å²) in [6, 6.07) is 13.1. The number of benzene rings is 2. The van der Waals surface area contributed by atoms with Crippen molar-refractivity contribution in [1.82, 2.24) is 0 Å². The normalized spacial score (nSPS) is 10.2. The molecular formula is C17H16FNS2. The Morgan fingerprint density at radius 1 is 1.14 bits per heavy atom. The Morgan fingerprint density at radius 3 is 2.48 bits per heavy atom. The van der Waals surface area contributed by atoms with Crippen LogP contribution in [0.5, 0.6) is 0 Å². The molecule has 2 aromatic rings. The van der Waals surface area contributed by atoms with Crippen LogP contribution in [0.25, 0.3) is 11.1 Å². The van der Waals surface area contributed by atoms with Gasteiger partial charge in [0.15, 0.2) is 0 Å². The molecular weight excluding hydrogens is 301 g/mol. The van der Waals surface area contributed by atoms with Crippen LogP contribution in [0.2, 0.25) is 0 Å². The van der Waals surface area contributed by atoms with Gasteiger partial charge in [-0.15, -0.1) is 11.8 Å². The highest BCUT2D eigenvalue weighted by Gasteiger charge is 2.04. The highest BCUT2D eigenvalue weighted by molar-refractivity contribution is 7.99. The van der Waals surface area contributed by atoms with Crippen LogP contribution in [0.4, 0.5) is 10.1 Å². The lowest BCUT2D eigenvalue weighted by molar-refractivity contribution is 0.630. The van der Waals surface area contributed by atoms with Crippen LogP contribution in [0.1, 0.15) is 19.8 Å². The van der Waals surface area contributed by atoms with Crippen LogP contribution >= 0.6 is 24.0 Å². The van der Waals surface area contributed by atoms with E-state index in [4.69, 9.17) is 0 Å². The van der Waals surface area contributed by atoms with Crippen molar-refractivity contribution >= 4 is 34.8 Å². The fraction of sp³-hybridized carbons (Fsp3) is 0.235. The third kappa shape index (κ3) is 4.50. The average Bonchev–Trinajstić information content (AvgIpc) is 2.50. The summed E-state index contributed by atoms with van der Waals surface area (Å²) in [4.78, 5) is 4.93. The number of hydrogen-bond donors (Lipinski definition) is 0. The second-order valence-electron chi connectivity index (χ2n) is 4.60. The molecule has 4 heteroatoms. The Labute approximate surface area is 134 Å². The Balaban J connectivity index is 2.15. The van der Waals surface area contributed by atoms with E-state index in [-0.39, 0.29) is 11.5 Å². The molecule has 0 aliphatic heterocycles. The van der Waals surface area contributed by atoms with E-state index < -0.39 is 0 Å². The fourth-order valence-corrected chi connectivity index (χ4v) is 3.00. The minimum Gasteiger partial charge on any atom is -0.205 e. The number of nitrogens with zero attached hydrogens (tertiary/aromatic N) is 1. The van der Waals surface area contributed by atoms with Gasteiger partial charge < -0.3 is 0 Å². The number of thiocarbonyl (C=S) groups is 1. The molecule has 0 bridgehead atoms. The molecule has 0 saturated carbocycles. The number of isothiocyanates is 1. The number of unbranched alkanes of at least 4 members (excludes halogenated alkanes) is 1. The monoisotopic (exact) mass is 317 g/mol. The van der Waals surface area contributed by atoms with E-state index in [0.29, 0.717) is 0 Å². The summed E-state index contributed by atoms with van der Waals surface area (Å²) in [6.07, 6.45) is 2.43. The van der Waals surface area contributed by atoms with Gasteiger partial charge >= 0.3 is 0 Å². The summed E-state index contributed by atoms with van der Waals surface area (Å²) in [5.74, 6) is 0.751. The van der Waals surface area contributed by atoms with E-state index in [2.05, 4.69) is 41.4 Å². The van der Waals surface area contributed by atoms with E-state index in [1.165, 1.54) is 23.8 Å². The highest BCUT2D eigenvalue weighted by Crippen LogP contribution is 2.28. The van der Waals surface area contributed by atoms with Crippen molar-refractivity contribution in [1.29, 1.82) is 0 Å². The summed E-state index contributed by atoms with van der Waals surface area (Å²) in [6.45, 7) is 2.19. The van der Waals surface area contributed by atoms with E-state index >= 15 is 0 Å². The predicted octanol–water partition coefficient (Wildman–Crippen LogP) is 6.12. The van der Waals surface area contributed by atoms with Crippen LogP contribution < -0.4 is 0 Å². The van der Waals surface area contributed by atoms with Gasteiger partial charge in [-0.05, 0) is 59.8 Å². The van der Waals surface area contributed by atoms with Crippen LogP contribution in [-0.4, -0.2) is 10.9 Å². The van der Waals surface area contributed by atoms with Gasteiger partial charge in [0.05, 0.1) is 5.16 Å². The Bertz CT molecular complexity index is 646. The van der Waals surface area contributed by atoms with Gasteiger partial charge in [0, 0.05) is 4.90 Å². The third-order valence-electron chi connectivity index (χ3n) is 3.07. The van der Waals surface area contributed by atoms with Gasteiger partial charge in [0.25, 0.3) is 0 Å². The first-order chi connectivity index (χ1) is 10.2. The van der Waals surface area contributed by atoms with Crippen molar-refractivity contribution in [2.24, 2.45) is 4.99 Å². The molecule has 2 rings (SSSR count). The molecule has 0 saturated heterocycles. The topological polar surface area (TPSA) is 12.4 Å². The lowest BCUT2D eigenvalue weighted by Gasteiger charge is -2.05. The zero-order chi connectivity index (χ0) is 15.1. The molecule has 0 spiro atoms. The SMILES string of the molecule is CCCCSc1ccc(-c2ccc(N=C=S)c(F)c2)cc1. The second kappa shape index (κ2) is 8.08. The van der Waals surface area contributed by atoms with Gasteiger partial charge in [-0.1, -0.05) is 31.5 Å². The first kappa shape index (κ1) is 15.9. The van der Waals surface area contributed by atoms with Crippen LogP contribution in [0.3, 0.4) is 0 Å². The Hall–Kier alpha value is -1.48. The van der Waals surface area contributed by atoms with Gasteiger partial charge in [0.2, 0.25) is 0 Å². The maximum absolute atomic E-state index is 13.8. The summed E-state index contributed by atoms with van der Waals surface area (Å²) in [5.41, 5.74) is 2.05. The zero-order valence-corrected chi connectivity index (χ0v) is 13.4. The van der Waals surface area contributed by atoms with Gasteiger partial charge in [0.1, 0.15) is 11.5 Å². The summed E-state index contributed by atoms with van der Waals surface area (Å²) in [5, 5.41) is 2.18. The van der Waals surface area contributed by atoms with Crippen LogP contribution in [0.15, 0.2) is 52.4 Å². The molecule has 0 aliphatic rings. The summed E-state index contributed by atoms with van der Waals surface area (Å²) >= 11 is 6.34. The van der Waals surface area contributed by atoms with E-state index in [1.807, 2.05) is 30.0 Å². The molecule has 0 aliphatic carbocycles. The zero-order valence-electron chi connectivity index (χ0n) is 11.8. The van der Waals surface area contributed by atoms with Gasteiger partial charge in [-0.2, -0.15) is 4.99 Å². The number of rotatable bonds is 6. The molecule has 0 unspecified atom stereocenters. The van der Waals surface area contributed by atoms with Crippen molar-refractivity contribution in [3.05, 3.63) is 48.3 Å². The molecule has 0 aromatic heterocycles. The molecule has 21 heavy (non-hydrogen) atoms. The van der Waals surface area contributed by atoms with Gasteiger partial charge in [-0.3, -0.25) is 0 Å². The van der Waals surface area contributed by atoms with E-state index in [0.717, 1.165) is 16.9 Å². The van der Waals surface area contributed by atoms with E-state index in [1.54, 1.807) is 6.07 Å². The predicted molar refractivity (Wildman–Crippen MR) is 92.2 cm³/mol. The maximum atomic E-state index is 13.8. The standard InChI is InChI=1S/C17H16FNS2/c1-2-3-10-21-15-7-4-13(5-8-15)14-6-9-17(19-12-20)16(18)11-14/h4-9,11H,2-3,10H2,1H3. The Morgan fingerprint density at radius 2 is 1.86 bits per heavy atom. The highest BCUT2D eigenvalue weighted by atomic mass is 32.2. The minimum atomic E-state index is -0.383. The van der Waals surface area contributed by atoms with Gasteiger partial charge in [-0.25, -0.2) is 4.39 Å². The van der Waals surface area contributed by atoms with Crippen molar-refractivity contribution < 1.29 is 4.39 Å². The first-order valence-electron chi connectivity index (χ1n) is 6.85. The lowest BCUT2D eigenvalue weighted by atomic mass is 10.1.